The van der Waals surface area contributed by atoms with Gasteiger partial charge in [-0.05, 0) is 44.0 Å². The van der Waals surface area contributed by atoms with E-state index in [1.165, 1.54) is 5.56 Å². The van der Waals surface area contributed by atoms with Gasteiger partial charge < -0.3 is 9.84 Å². The van der Waals surface area contributed by atoms with Gasteiger partial charge in [0.1, 0.15) is 0 Å². The summed E-state index contributed by atoms with van der Waals surface area (Å²) in [5, 5.41) is 8.61. The fourth-order valence-electron chi connectivity index (χ4n) is 3.80. The van der Waals surface area contributed by atoms with Crippen LogP contribution in [0.3, 0.4) is 0 Å². The van der Waals surface area contributed by atoms with E-state index in [2.05, 4.69) is 21.5 Å². The predicted molar refractivity (Wildman–Crippen MR) is 81.0 cm³/mol. The highest BCUT2D eigenvalue weighted by Gasteiger charge is 2.72. The lowest BCUT2D eigenvalue weighted by atomic mass is 9.81. The maximum absolute atomic E-state index is 6.21. The topological polar surface area (TPSA) is 51.0 Å². The molecule has 6 heteroatoms. The standard InChI is InChI=1S/C15H15Cl2N3O/c1-9-19-13(21-20-9)15-7-14(15,4-5-18-8-15)10-2-3-11(16)12(17)6-10/h2-3,6,18H,4-5,7-8H2,1H3. The molecule has 2 aliphatic rings. The first-order chi connectivity index (χ1) is 10.1. The van der Waals surface area contributed by atoms with Crippen LogP contribution in [0.5, 0.6) is 0 Å². The van der Waals surface area contributed by atoms with Gasteiger partial charge in [-0.1, -0.05) is 34.4 Å². The molecule has 0 radical (unpaired) electrons. The third kappa shape index (κ3) is 1.79. The Morgan fingerprint density at radius 3 is 2.81 bits per heavy atom. The number of hydrogen-bond donors (Lipinski definition) is 1. The zero-order valence-electron chi connectivity index (χ0n) is 11.6. The number of aromatic nitrogens is 2. The van der Waals surface area contributed by atoms with E-state index in [0.29, 0.717) is 15.9 Å². The number of halogens is 2. The molecule has 1 aromatic carbocycles. The minimum Gasteiger partial charge on any atom is -0.339 e. The number of piperidine rings is 1. The van der Waals surface area contributed by atoms with Gasteiger partial charge in [-0.2, -0.15) is 4.98 Å². The van der Waals surface area contributed by atoms with Crippen molar-refractivity contribution in [3.63, 3.8) is 0 Å². The van der Waals surface area contributed by atoms with Crippen LogP contribution >= 0.6 is 23.2 Å². The van der Waals surface area contributed by atoms with Gasteiger partial charge in [0, 0.05) is 12.0 Å². The Bertz CT molecular complexity index is 717. The molecule has 0 spiro atoms. The van der Waals surface area contributed by atoms with Crippen molar-refractivity contribution in [1.29, 1.82) is 0 Å². The van der Waals surface area contributed by atoms with Crippen molar-refractivity contribution < 1.29 is 4.52 Å². The fraction of sp³-hybridized carbons (Fsp3) is 0.467. The average molecular weight is 324 g/mol. The van der Waals surface area contributed by atoms with Gasteiger partial charge in [0.15, 0.2) is 5.82 Å². The highest BCUT2D eigenvalue weighted by atomic mass is 35.5. The van der Waals surface area contributed by atoms with Crippen LogP contribution in [0.2, 0.25) is 10.0 Å². The normalized spacial score (nSPS) is 31.0. The van der Waals surface area contributed by atoms with Crippen LogP contribution in [0, 0.1) is 6.92 Å². The van der Waals surface area contributed by atoms with E-state index >= 15 is 0 Å². The highest BCUT2D eigenvalue weighted by molar-refractivity contribution is 6.42. The summed E-state index contributed by atoms with van der Waals surface area (Å²) in [6, 6.07) is 5.93. The molecule has 1 aromatic heterocycles. The van der Waals surface area contributed by atoms with Crippen LogP contribution in [0.25, 0.3) is 0 Å². The van der Waals surface area contributed by atoms with Crippen molar-refractivity contribution in [3.8, 4) is 0 Å². The zero-order chi connectivity index (χ0) is 14.7. The zero-order valence-corrected chi connectivity index (χ0v) is 13.1. The molecule has 0 amide bonds. The van der Waals surface area contributed by atoms with E-state index < -0.39 is 0 Å². The van der Waals surface area contributed by atoms with Crippen LogP contribution in [0.4, 0.5) is 0 Å². The van der Waals surface area contributed by atoms with E-state index in [9.17, 15) is 0 Å². The van der Waals surface area contributed by atoms with Gasteiger partial charge in [0.05, 0.1) is 15.5 Å². The van der Waals surface area contributed by atoms with Crippen molar-refractivity contribution in [2.45, 2.75) is 30.6 Å². The minimum absolute atomic E-state index is 0.0332. The van der Waals surface area contributed by atoms with Gasteiger partial charge >= 0.3 is 0 Å². The third-order valence-electron chi connectivity index (χ3n) is 4.96. The molecule has 1 saturated carbocycles. The maximum Gasteiger partial charge on any atom is 0.235 e. The molecule has 4 rings (SSSR count). The van der Waals surface area contributed by atoms with E-state index in [-0.39, 0.29) is 10.8 Å². The lowest BCUT2D eigenvalue weighted by Gasteiger charge is -2.29. The largest absolute Gasteiger partial charge is 0.339 e. The molecular formula is C15H15Cl2N3O. The van der Waals surface area contributed by atoms with Gasteiger partial charge in [-0.15, -0.1) is 0 Å². The number of hydrogen-bond acceptors (Lipinski definition) is 4. The van der Waals surface area contributed by atoms with E-state index in [0.717, 1.165) is 31.8 Å². The summed E-state index contributed by atoms with van der Waals surface area (Å²) < 4.78 is 5.49. The summed E-state index contributed by atoms with van der Waals surface area (Å²) in [6.07, 6.45) is 2.04. The van der Waals surface area contributed by atoms with Crippen molar-refractivity contribution in [3.05, 3.63) is 45.5 Å². The Labute approximate surface area is 132 Å². The van der Waals surface area contributed by atoms with Gasteiger partial charge in [0.25, 0.3) is 0 Å². The van der Waals surface area contributed by atoms with Crippen LogP contribution in [-0.2, 0) is 10.8 Å². The fourth-order valence-corrected chi connectivity index (χ4v) is 4.10. The summed E-state index contributed by atoms with van der Waals surface area (Å²) in [7, 11) is 0. The lowest BCUT2D eigenvalue weighted by molar-refractivity contribution is 0.294. The SMILES string of the molecule is Cc1noc(C23CNCCC2(c2ccc(Cl)c(Cl)c2)C3)n1. The Balaban J connectivity index is 1.81. The second kappa shape index (κ2) is 4.45. The second-order valence-electron chi connectivity index (χ2n) is 6.04. The predicted octanol–water partition coefficient (Wildman–Crippen LogP) is 3.26. The lowest BCUT2D eigenvalue weighted by Crippen LogP contribution is -2.41. The second-order valence-corrected chi connectivity index (χ2v) is 6.86. The van der Waals surface area contributed by atoms with E-state index in [4.69, 9.17) is 27.7 Å². The smallest absolute Gasteiger partial charge is 0.235 e. The average Bonchev–Trinajstić information content (AvgIpc) is 3.01. The quantitative estimate of drug-likeness (QED) is 0.921. The molecule has 2 fully saturated rings. The maximum atomic E-state index is 6.21. The molecular weight excluding hydrogens is 309 g/mol. The number of nitrogens with zero attached hydrogens (tertiary/aromatic N) is 2. The van der Waals surface area contributed by atoms with Gasteiger partial charge in [-0.25, -0.2) is 0 Å². The summed E-state index contributed by atoms with van der Waals surface area (Å²) in [6.45, 7) is 3.69. The summed E-state index contributed by atoms with van der Waals surface area (Å²) in [5.41, 5.74) is 1.14. The molecule has 2 atom stereocenters. The number of rotatable bonds is 2. The first-order valence-electron chi connectivity index (χ1n) is 7.04. The monoisotopic (exact) mass is 323 g/mol. The van der Waals surface area contributed by atoms with Crippen molar-refractivity contribution in [1.82, 2.24) is 15.5 Å². The van der Waals surface area contributed by atoms with Crippen LogP contribution in [0.15, 0.2) is 22.7 Å². The minimum atomic E-state index is -0.107. The van der Waals surface area contributed by atoms with Crippen molar-refractivity contribution >= 4 is 23.2 Å². The van der Waals surface area contributed by atoms with Crippen LogP contribution in [-0.4, -0.2) is 23.2 Å². The number of benzene rings is 1. The van der Waals surface area contributed by atoms with Crippen LogP contribution in [0.1, 0.15) is 30.1 Å². The molecule has 1 N–H and O–H groups in total. The van der Waals surface area contributed by atoms with Crippen molar-refractivity contribution in [2.75, 3.05) is 13.1 Å². The third-order valence-corrected chi connectivity index (χ3v) is 5.70. The Hall–Kier alpha value is -1.10. The summed E-state index contributed by atoms with van der Waals surface area (Å²) in [5.74, 6) is 1.41. The molecule has 0 bridgehead atoms. The van der Waals surface area contributed by atoms with Gasteiger partial charge in [0.2, 0.25) is 5.89 Å². The van der Waals surface area contributed by atoms with E-state index in [1.54, 1.807) is 0 Å². The Kier molecular flexibility index (Phi) is 2.87. The molecule has 2 aromatic rings. The summed E-state index contributed by atoms with van der Waals surface area (Å²) in [4.78, 5) is 4.48. The molecule has 1 aliphatic heterocycles. The van der Waals surface area contributed by atoms with Gasteiger partial charge in [-0.3, -0.25) is 0 Å². The molecule has 1 saturated heterocycles. The number of nitrogens with one attached hydrogen (secondary N) is 1. The first kappa shape index (κ1) is 13.6. The molecule has 21 heavy (non-hydrogen) atoms. The molecule has 4 nitrogen and oxygen atoms in total. The Morgan fingerprint density at radius 2 is 2.10 bits per heavy atom. The van der Waals surface area contributed by atoms with E-state index in [1.807, 2.05) is 19.1 Å². The first-order valence-corrected chi connectivity index (χ1v) is 7.80. The molecule has 110 valence electrons. The number of aryl methyl sites for hydroxylation is 1. The number of fused-ring (bicyclic) bond motifs is 1. The summed E-state index contributed by atoms with van der Waals surface area (Å²) >= 11 is 12.3. The molecule has 2 heterocycles. The highest BCUT2D eigenvalue weighted by Crippen LogP contribution is 2.68. The van der Waals surface area contributed by atoms with Crippen molar-refractivity contribution in [2.24, 2.45) is 0 Å². The molecule has 2 unspecified atom stereocenters. The Morgan fingerprint density at radius 1 is 1.24 bits per heavy atom. The molecule has 1 aliphatic carbocycles. The van der Waals surface area contributed by atoms with Crippen LogP contribution < -0.4 is 5.32 Å².